The first kappa shape index (κ1) is 15.7. The number of nitrogens with two attached hydrogens (primary N) is 1. The van der Waals surface area contributed by atoms with Crippen LogP contribution in [0, 0.1) is 12.7 Å². The Hall–Kier alpha value is -3.15. The lowest BCUT2D eigenvalue weighted by Gasteiger charge is -2.07. The molecule has 5 nitrogen and oxygen atoms in total. The summed E-state index contributed by atoms with van der Waals surface area (Å²) < 4.78 is 20.6. The second kappa shape index (κ2) is 6.95. The summed E-state index contributed by atoms with van der Waals surface area (Å²) >= 11 is 0. The number of benzene rings is 2. The second-order valence-electron chi connectivity index (χ2n) is 5.29. The Labute approximate surface area is 139 Å². The van der Waals surface area contributed by atoms with E-state index in [1.54, 1.807) is 30.6 Å². The molecule has 0 atom stereocenters. The fourth-order valence-electron chi connectivity index (χ4n) is 2.21. The third kappa shape index (κ3) is 3.78. The maximum Gasteiger partial charge on any atom is 0.221 e. The molecule has 1 aromatic heterocycles. The van der Waals surface area contributed by atoms with E-state index in [2.05, 4.69) is 10.1 Å². The van der Waals surface area contributed by atoms with Crippen LogP contribution in [0.1, 0.15) is 16.8 Å². The fraction of sp³-hybridized carbons (Fsp3) is 0.111. The smallest absolute Gasteiger partial charge is 0.221 e. The molecule has 0 spiro atoms. The van der Waals surface area contributed by atoms with E-state index < -0.39 is 0 Å². The number of ether oxygens (including phenoxy) is 1. The molecule has 0 amide bonds. The van der Waals surface area contributed by atoms with Crippen LogP contribution in [0.3, 0.4) is 0 Å². The highest BCUT2D eigenvalue weighted by molar-refractivity contribution is 5.79. The van der Waals surface area contributed by atoms with Crippen molar-refractivity contribution in [3.63, 3.8) is 0 Å². The van der Waals surface area contributed by atoms with Crippen LogP contribution in [-0.2, 0) is 6.61 Å². The van der Waals surface area contributed by atoms with Crippen molar-refractivity contribution in [1.29, 1.82) is 0 Å². The fourth-order valence-corrected chi connectivity index (χ4v) is 2.21. The predicted octanol–water partition coefficient (Wildman–Crippen LogP) is 3.37. The number of halogens is 1. The van der Waals surface area contributed by atoms with Gasteiger partial charge in [-0.15, -0.1) is 0 Å². The number of anilines is 1. The molecule has 2 aromatic carbocycles. The Balaban J connectivity index is 1.70. The van der Waals surface area contributed by atoms with Gasteiger partial charge in [0.05, 0.1) is 18.1 Å². The SMILES string of the molecule is Cc1cn(N=Cc2cccc(COc3ccccc3F)c2)c(N)n1. The number of hydrogen-bond donors (Lipinski definition) is 1. The number of para-hydroxylation sites is 1. The van der Waals surface area contributed by atoms with Gasteiger partial charge < -0.3 is 10.5 Å². The molecule has 0 radical (unpaired) electrons. The van der Waals surface area contributed by atoms with E-state index in [-0.39, 0.29) is 18.2 Å². The molecular weight excluding hydrogens is 307 g/mol. The van der Waals surface area contributed by atoms with Crippen LogP contribution < -0.4 is 10.5 Å². The third-order valence-electron chi connectivity index (χ3n) is 3.35. The van der Waals surface area contributed by atoms with Gasteiger partial charge in [-0.25, -0.2) is 14.1 Å². The molecule has 0 unspecified atom stereocenters. The minimum Gasteiger partial charge on any atom is -0.486 e. The van der Waals surface area contributed by atoms with Gasteiger partial charge in [0.2, 0.25) is 5.95 Å². The van der Waals surface area contributed by atoms with E-state index in [9.17, 15) is 4.39 Å². The van der Waals surface area contributed by atoms with Crippen LogP contribution >= 0.6 is 0 Å². The van der Waals surface area contributed by atoms with Crippen molar-refractivity contribution in [3.8, 4) is 5.75 Å². The number of nitrogen functional groups attached to an aromatic ring is 1. The van der Waals surface area contributed by atoms with Gasteiger partial charge in [0.15, 0.2) is 11.6 Å². The second-order valence-corrected chi connectivity index (χ2v) is 5.29. The molecule has 6 heteroatoms. The zero-order valence-electron chi connectivity index (χ0n) is 13.2. The lowest BCUT2D eigenvalue weighted by atomic mass is 10.1. The first-order valence-corrected chi connectivity index (χ1v) is 7.44. The van der Waals surface area contributed by atoms with Crippen LogP contribution in [-0.4, -0.2) is 15.9 Å². The number of rotatable bonds is 5. The molecule has 0 saturated carbocycles. The zero-order chi connectivity index (χ0) is 16.9. The van der Waals surface area contributed by atoms with E-state index in [4.69, 9.17) is 10.5 Å². The highest BCUT2D eigenvalue weighted by Crippen LogP contribution is 2.17. The normalized spacial score (nSPS) is 11.1. The summed E-state index contributed by atoms with van der Waals surface area (Å²) in [5, 5.41) is 4.27. The quantitative estimate of drug-likeness (QED) is 0.732. The minimum absolute atomic E-state index is 0.234. The van der Waals surface area contributed by atoms with Crippen LogP contribution in [0.5, 0.6) is 5.75 Å². The van der Waals surface area contributed by atoms with Crippen LogP contribution in [0.15, 0.2) is 59.8 Å². The van der Waals surface area contributed by atoms with Crippen molar-refractivity contribution in [2.75, 3.05) is 5.73 Å². The van der Waals surface area contributed by atoms with Crippen molar-refractivity contribution in [2.45, 2.75) is 13.5 Å². The molecule has 1 heterocycles. The van der Waals surface area contributed by atoms with E-state index in [0.29, 0.717) is 5.95 Å². The maximum absolute atomic E-state index is 13.6. The summed E-state index contributed by atoms with van der Waals surface area (Å²) in [5.74, 6) is 0.196. The third-order valence-corrected chi connectivity index (χ3v) is 3.35. The first-order chi connectivity index (χ1) is 11.6. The highest BCUT2D eigenvalue weighted by atomic mass is 19.1. The van der Waals surface area contributed by atoms with E-state index in [1.807, 2.05) is 31.2 Å². The minimum atomic E-state index is -0.374. The molecule has 0 bridgehead atoms. The van der Waals surface area contributed by atoms with Gasteiger partial charge in [-0.2, -0.15) is 5.10 Å². The van der Waals surface area contributed by atoms with Crippen LogP contribution in [0.25, 0.3) is 0 Å². The van der Waals surface area contributed by atoms with E-state index in [0.717, 1.165) is 16.8 Å². The van der Waals surface area contributed by atoms with Crippen molar-refractivity contribution >= 4 is 12.2 Å². The van der Waals surface area contributed by atoms with Gasteiger partial charge in [0.1, 0.15) is 6.61 Å². The molecular formula is C18H17FN4O. The lowest BCUT2D eigenvalue weighted by molar-refractivity contribution is 0.290. The number of aryl methyl sites for hydroxylation is 1. The Morgan fingerprint density at radius 1 is 1.25 bits per heavy atom. The Morgan fingerprint density at radius 3 is 2.83 bits per heavy atom. The highest BCUT2D eigenvalue weighted by Gasteiger charge is 2.03. The summed E-state index contributed by atoms with van der Waals surface area (Å²) in [6.07, 6.45) is 3.43. The average Bonchev–Trinajstić information content (AvgIpc) is 2.90. The molecule has 3 rings (SSSR count). The summed E-state index contributed by atoms with van der Waals surface area (Å²) in [5.41, 5.74) is 8.35. The van der Waals surface area contributed by atoms with Crippen LogP contribution in [0.2, 0.25) is 0 Å². The molecule has 0 saturated heterocycles. The molecule has 0 fully saturated rings. The van der Waals surface area contributed by atoms with E-state index >= 15 is 0 Å². The number of hydrogen-bond acceptors (Lipinski definition) is 4. The van der Waals surface area contributed by atoms with Crippen molar-refractivity contribution in [2.24, 2.45) is 5.10 Å². The summed E-state index contributed by atoms with van der Waals surface area (Å²) in [4.78, 5) is 4.08. The van der Waals surface area contributed by atoms with Crippen molar-refractivity contribution in [3.05, 3.63) is 77.4 Å². The van der Waals surface area contributed by atoms with Crippen molar-refractivity contribution in [1.82, 2.24) is 9.66 Å². The number of nitrogens with zero attached hydrogens (tertiary/aromatic N) is 3. The van der Waals surface area contributed by atoms with Gasteiger partial charge in [-0.3, -0.25) is 0 Å². The molecule has 0 aliphatic heterocycles. The molecule has 122 valence electrons. The van der Waals surface area contributed by atoms with Crippen molar-refractivity contribution < 1.29 is 9.13 Å². The summed E-state index contributed by atoms with van der Waals surface area (Å²) in [7, 11) is 0. The molecule has 3 aromatic rings. The molecule has 0 aliphatic carbocycles. The van der Waals surface area contributed by atoms with Gasteiger partial charge in [0.25, 0.3) is 0 Å². The maximum atomic E-state index is 13.6. The monoisotopic (exact) mass is 324 g/mol. The first-order valence-electron chi connectivity index (χ1n) is 7.44. The van der Waals surface area contributed by atoms with Gasteiger partial charge >= 0.3 is 0 Å². The zero-order valence-corrected chi connectivity index (χ0v) is 13.2. The van der Waals surface area contributed by atoms with Gasteiger partial charge in [0, 0.05) is 0 Å². The average molecular weight is 324 g/mol. The predicted molar refractivity (Wildman–Crippen MR) is 91.5 cm³/mol. The molecule has 24 heavy (non-hydrogen) atoms. The Bertz CT molecular complexity index is 873. The molecule has 2 N–H and O–H groups in total. The summed E-state index contributed by atoms with van der Waals surface area (Å²) in [6.45, 7) is 2.12. The number of imidazole rings is 1. The largest absolute Gasteiger partial charge is 0.486 e. The number of aromatic nitrogens is 2. The van der Waals surface area contributed by atoms with Crippen LogP contribution in [0.4, 0.5) is 10.3 Å². The van der Waals surface area contributed by atoms with E-state index in [1.165, 1.54) is 10.7 Å². The summed E-state index contributed by atoms with van der Waals surface area (Å²) in [6, 6.07) is 14.0. The topological polar surface area (TPSA) is 65.4 Å². The Kier molecular flexibility index (Phi) is 4.56. The Morgan fingerprint density at radius 2 is 2.08 bits per heavy atom. The van der Waals surface area contributed by atoms with Gasteiger partial charge in [-0.1, -0.05) is 30.3 Å². The molecule has 0 aliphatic rings. The lowest BCUT2D eigenvalue weighted by Crippen LogP contribution is -1.99. The standard InChI is InChI=1S/C18H17FN4O/c1-13-11-23(18(20)22-13)21-10-14-5-4-6-15(9-14)12-24-17-8-3-2-7-16(17)19/h2-11H,12H2,1H3,(H2,20,22). The van der Waals surface area contributed by atoms with Gasteiger partial charge in [-0.05, 0) is 36.2 Å².